The van der Waals surface area contributed by atoms with E-state index in [0.717, 1.165) is 19.6 Å². The van der Waals surface area contributed by atoms with E-state index in [0.29, 0.717) is 12.0 Å². The van der Waals surface area contributed by atoms with Crippen molar-refractivity contribution in [3.05, 3.63) is 18.2 Å². The molecule has 4 nitrogen and oxygen atoms in total. The SMILES string of the molecule is CCN1CCC(CN)C1c1cncn1C. The molecule has 15 heavy (non-hydrogen) atoms. The van der Waals surface area contributed by atoms with Crippen molar-refractivity contribution in [3.8, 4) is 0 Å². The van der Waals surface area contributed by atoms with Crippen LogP contribution in [-0.2, 0) is 7.05 Å². The molecule has 2 N–H and O–H groups in total. The molecule has 1 aliphatic heterocycles. The van der Waals surface area contributed by atoms with Crippen molar-refractivity contribution in [1.29, 1.82) is 0 Å². The third-order valence-electron chi connectivity index (χ3n) is 3.49. The van der Waals surface area contributed by atoms with E-state index in [9.17, 15) is 0 Å². The van der Waals surface area contributed by atoms with Crippen LogP contribution in [-0.4, -0.2) is 34.1 Å². The number of imidazole rings is 1. The molecule has 1 aliphatic rings. The van der Waals surface area contributed by atoms with E-state index in [1.165, 1.54) is 12.1 Å². The number of aryl methyl sites for hydroxylation is 1. The molecule has 0 amide bonds. The highest BCUT2D eigenvalue weighted by molar-refractivity contribution is 5.09. The first kappa shape index (κ1) is 10.6. The Bertz CT molecular complexity index is 308. The molecule has 2 heterocycles. The van der Waals surface area contributed by atoms with Crippen molar-refractivity contribution in [3.63, 3.8) is 0 Å². The van der Waals surface area contributed by atoms with Crippen molar-refractivity contribution in [1.82, 2.24) is 14.5 Å². The molecule has 0 spiro atoms. The summed E-state index contributed by atoms with van der Waals surface area (Å²) >= 11 is 0. The summed E-state index contributed by atoms with van der Waals surface area (Å²) in [7, 11) is 2.06. The van der Waals surface area contributed by atoms with Crippen molar-refractivity contribution < 1.29 is 0 Å². The topological polar surface area (TPSA) is 47.1 Å². The van der Waals surface area contributed by atoms with Gasteiger partial charge >= 0.3 is 0 Å². The molecule has 2 rings (SSSR count). The van der Waals surface area contributed by atoms with Gasteiger partial charge in [-0.15, -0.1) is 0 Å². The number of likely N-dealkylation sites (tertiary alicyclic amines) is 1. The Labute approximate surface area is 91.1 Å². The van der Waals surface area contributed by atoms with Gasteiger partial charge in [0.1, 0.15) is 0 Å². The van der Waals surface area contributed by atoms with Crippen LogP contribution in [0.5, 0.6) is 0 Å². The lowest BCUT2D eigenvalue weighted by molar-refractivity contribution is 0.233. The van der Waals surface area contributed by atoms with Gasteiger partial charge in [-0.05, 0) is 32.0 Å². The summed E-state index contributed by atoms with van der Waals surface area (Å²) in [6.07, 6.45) is 5.05. The Balaban J connectivity index is 2.27. The molecule has 2 atom stereocenters. The molecule has 0 radical (unpaired) electrons. The van der Waals surface area contributed by atoms with Gasteiger partial charge in [-0.3, -0.25) is 4.90 Å². The zero-order chi connectivity index (χ0) is 10.8. The molecule has 84 valence electrons. The molecule has 0 aromatic carbocycles. The quantitative estimate of drug-likeness (QED) is 0.798. The number of hydrogen-bond donors (Lipinski definition) is 1. The maximum absolute atomic E-state index is 5.84. The van der Waals surface area contributed by atoms with E-state index >= 15 is 0 Å². The van der Waals surface area contributed by atoms with E-state index in [-0.39, 0.29) is 0 Å². The van der Waals surface area contributed by atoms with Crippen molar-refractivity contribution in [2.45, 2.75) is 19.4 Å². The van der Waals surface area contributed by atoms with Gasteiger partial charge in [-0.2, -0.15) is 0 Å². The minimum atomic E-state index is 0.465. The highest BCUT2D eigenvalue weighted by Crippen LogP contribution is 2.35. The minimum absolute atomic E-state index is 0.465. The van der Waals surface area contributed by atoms with Crippen molar-refractivity contribution in [2.24, 2.45) is 18.7 Å². The molecule has 1 aromatic heterocycles. The van der Waals surface area contributed by atoms with E-state index in [4.69, 9.17) is 5.73 Å². The Morgan fingerprint density at radius 3 is 2.93 bits per heavy atom. The Morgan fingerprint density at radius 1 is 1.60 bits per heavy atom. The Kier molecular flexibility index (Phi) is 3.07. The number of hydrogen-bond acceptors (Lipinski definition) is 3. The highest BCUT2D eigenvalue weighted by Gasteiger charge is 2.34. The largest absolute Gasteiger partial charge is 0.336 e. The summed E-state index contributed by atoms with van der Waals surface area (Å²) in [4.78, 5) is 6.69. The lowest BCUT2D eigenvalue weighted by atomic mass is 9.98. The fourth-order valence-electron chi connectivity index (χ4n) is 2.61. The molecule has 1 saturated heterocycles. The van der Waals surface area contributed by atoms with Crippen LogP contribution in [0, 0.1) is 5.92 Å². The second-order valence-electron chi connectivity index (χ2n) is 4.29. The first-order valence-electron chi connectivity index (χ1n) is 5.68. The number of rotatable bonds is 3. The normalized spacial score (nSPS) is 27.4. The first-order valence-corrected chi connectivity index (χ1v) is 5.68. The van der Waals surface area contributed by atoms with Gasteiger partial charge < -0.3 is 10.3 Å². The summed E-state index contributed by atoms with van der Waals surface area (Å²) in [6.45, 7) is 5.23. The van der Waals surface area contributed by atoms with Crippen LogP contribution in [0.15, 0.2) is 12.5 Å². The molecule has 2 unspecified atom stereocenters. The Morgan fingerprint density at radius 2 is 2.40 bits per heavy atom. The van der Waals surface area contributed by atoms with Gasteiger partial charge in [0.15, 0.2) is 0 Å². The maximum Gasteiger partial charge on any atom is 0.0946 e. The van der Waals surface area contributed by atoms with E-state index < -0.39 is 0 Å². The molecule has 0 saturated carbocycles. The predicted octanol–water partition coefficient (Wildman–Crippen LogP) is 0.762. The van der Waals surface area contributed by atoms with Crippen LogP contribution in [0.2, 0.25) is 0 Å². The average Bonchev–Trinajstić information content (AvgIpc) is 2.82. The molecule has 1 aromatic rings. The van der Waals surface area contributed by atoms with Crippen LogP contribution in [0.4, 0.5) is 0 Å². The van der Waals surface area contributed by atoms with Crippen LogP contribution in [0.25, 0.3) is 0 Å². The van der Waals surface area contributed by atoms with Crippen LogP contribution in [0.3, 0.4) is 0 Å². The summed E-state index contributed by atoms with van der Waals surface area (Å²) in [5.74, 6) is 0.584. The average molecular weight is 208 g/mol. The van der Waals surface area contributed by atoms with E-state index in [1.54, 1.807) is 0 Å². The molecule has 0 bridgehead atoms. The molecule has 1 fully saturated rings. The van der Waals surface area contributed by atoms with Gasteiger partial charge in [0.2, 0.25) is 0 Å². The van der Waals surface area contributed by atoms with Crippen LogP contribution in [0.1, 0.15) is 25.1 Å². The second-order valence-corrected chi connectivity index (χ2v) is 4.29. The van der Waals surface area contributed by atoms with Gasteiger partial charge in [0, 0.05) is 13.2 Å². The molecular weight excluding hydrogens is 188 g/mol. The standard InChI is InChI=1S/C11H20N4/c1-3-15-5-4-9(6-12)11(15)10-7-13-8-14(10)2/h7-9,11H,3-6,12H2,1-2H3. The Hall–Kier alpha value is -0.870. The van der Waals surface area contributed by atoms with Crippen molar-refractivity contribution >= 4 is 0 Å². The summed E-state index contributed by atoms with van der Waals surface area (Å²) in [6, 6.07) is 0.465. The second kappa shape index (κ2) is 4.33. The zero-order valence-electron chi connectivity index (χ0n) is 9.56. The fraction of sp³-hybridized carbons (Fsp3) is 0.727. The number of aromatic nitrogens is 2. The molecule has 4 heteroatoms. The fourth-order valence-corrected chi connectivity index (χ4v) is 2.61. The summed E-state index contributed by atoms with van der Waals surface area (Å²) < 4.78 is 2.11. The zero-order valence-corrected chi connectivity index (χ0v) is 9.56. The van der Waals surface area contributed by atoms with E-state index in [1.807, 2.05) is 12.5 Å². The van der Waals surface area contributed by atoms with Gasteiger partial charge in [0.25, 0.3) is 0 Å². The number of nitrogens with zero attached hydrogens (tertiary/aromatic N) is 3. The number of nitrogens with two attached hydrogens (primary N) is 1. The molecule has 0 aliphatic carbocycles. The smallest absolute Gasteiger partial charge is 0.0946 e. The van der Waals surface area contributed by atoms with Gasteiger partial charge in [-0.1, -0.05) is 6.92 Å². The highest BCUT2D eigenvalue weighted by atomic mass is 15.2. The lowest BCUT2D eigenvalue weighted by Crippen LogP contribution is -2.29. The maximum atomic E-state index is 5.84. The van der Waals surface area contributed by atoms with Crippen LogP contribution >= 0.6 is 0 Å². The van der Waals surface area contributed by atoms with Crippen molar-refractivity contribution in [2.75, 3.05) is 19.6 Å². The van der Waals surface area contributed by atoms with Gasteiger partial charge in [-0.25, -0.2) is 4.98 Å². The summed E-state index contributed by atoms with van der Waals surface area (Å²) in [5, 5.41) is 0. The molecular formula is C11H20N4. The lowest BCUT2D eigenvalue weighted by Gasteiger charge is -2.26. The first-order chi connectivity index (χ1) is 7.27. The van der Waals surface area contributed by atoms with Crippen LogP contribution < -0.4 is 5.73 Å². The monoisotopic (exact) mass is 208 g/mol. The minimum Gasteiger partial charge on any atom is -0.336 e. The van der Waals surface area contributed by atoms with Gasteiger partial charge in [0.05, 0.1) is 18.1 Å². The third kappa shape index (κ3) is 1.79. The van der Waals surface area contributed by atoms with E-state index in [2.05, 4.69) is 28.4 Å². The summed E-state index contributed by atoms with van der Waals surface area (Å²) in [5.41, 5.74) is 7.14. The predicted molar refractivity (Wildman–Crippen MR) is 60.4 cm³/mol. The third-order valence-corrected chi connectivity index (χ3v) is 3.49.